The average Bonchev–Trinajstić information content (AvgIpc) is 2.73. The zero-order valence-electron chi connectivity index (χ0n) is 15.1. The topological polar surface area (TPSA) is 108 Å². The predicted molar refractivity (Wildman–Crippen MR) is 104 cm³/mol. The number of rotatable bonds is 4. The zero-order chi connectivity index (χ0) is 19.5. The summed E-state index contributed by atoms with van der Waals surface area (Å²) in [4.78, 5) is 30.5. The fourth-order valence-electron chi connectivity index (χ4n) is 3.36. The van der Waals surface area contributed by atoms with Gasteiger partial charge in [0.05, 0.1) is 16.8 Å². The number of carboxylic acids is 1. The lowest BCUT2D eigenvalue weighted by Crippen LogP contribution is -2.39. The Morgan fingerprint density at radius 2 is 1.64 bits per heavy atom. The van der Waals surface area contributed by atoms with E-state index in [0.29, 0.717) is 37.6 Å². The van der Waals surface area contributed by atoms with Crippen LogP contribution in [0.2, 0.25) is 0 Å². The van der Waals surface area contributed by atoms with Crippen molar-refractivity contribution < 1.29 is 14.7 Å². The quantitative estimate of drug-likeness (QED) is 0.719. The summed E-state index contributed by atoms with van der Waals surface area (Å²) in [7, 11) is 0. The summed E-state index contributed by atoms with van der Waals surface area (Å²) >= 11 is 0. The molecule has 1 saturated heterocycles. The second-order valence-electron chi connectivity index (χ2n) is 6.70. The smallest absolute Gasteiger partial charge is 0.337 e. The van der Waals surface area contributed by atoms with Crippen molar-refractivity contribution in [2.75, 3.05) is 23.3 Å². The van der Waals surface area contributed by atoms with Crippen LogP contribution in [0.3, 0.4) is 0 Å². The van der Waals surface area contributed by atoms with Gasteiger partial charge in [-0.05, 0) is 37.1 Å². The highest BCUT2D eigenvalue weighted by atomic mass is 16.4. The SMILES string of the molecule is O=C(O)c1ccccc1NC(=O)C1CCN(c2nnc3ccccc3n2)CC1. The van der Waals surface area contributed by atoms with Gasteiger partial charge in [0, 0.05) is 19.0 Å². The van der Waals surface area contributed by atoms with E-state index in [1.54, 1.807) is 18.2 Å². The first-order valence-corrected chi connectivity index (χ1v) is 9.09. The molecule has 28 heavy (non-hydrogen) atoms. The van der Waals surface area contributed by atoms with E-state index >= 15 is 0 Å². The van der Waals surface area contributed by atoms with Crippen molar-refractivity contribution in [3.63, 3.8) is 0 Å². The molecule has 1 aliphatic heterocycles. The van der Waals surface area contributed by atoms with Crippen molar-refractivity contribution in [3.05, 3.63) is 54.1 Å². The minimum atomic E-state index is -1.06. The maximum Gasteiger partial charge on any atom is 0.337 e. The average molecular weight is 377 g/mol. The molecular weight excluding hydrogens is 358 g/mol. The predicted octanol–water partition coefficient (Wildman–Crippen LogP) is 2.58. The molecule has 2 heterocycles. The molecule has 142 valence electrons. The summed E-state index contributed by atoms with van der Waals surface area (Å²) in [5, 5.41) is 20.4. The summed E-state index contributed by atoms with van der Waals surface area (Å²) in [6.07, 6.45) is 1.27. The Morgan fingerprint density at radius 1 is 0.964 bits per heavy atom. The van der Waals surface area contributed by atoms with Gasteiger partial charge in [-0.1, -0.05) is 24.3 Å². The first-order chi connectivity index (χ1) is 13.6. The van der Waals surface area contributed by atoms with E-state index in [2.05, 4.69) is 20.5 Å². The van der Waals surface area contributed by atoms with Crippen molar-refractivity contribution in [2.24, 2.45) is 5.92 Å². The molecule has 3 aromatic rings. The lowest BCUT2D eigenvalue weighted by atomic mass is 9.96. The molecule has 8 nitrogen and oxygen atoms in total. The van der Waals surface area contributed by atoms with Crippen LogP contribution in [0.5, 0.6) is 0 Å². The van der Waals surface area contributed by atoms with Crippen LogP contribution in [0.25, 0.3) is 11.0 Å². The standard InChI is InChI=1S/C20H19N5O3/c26-18(21-15-6-2-1-5-14(15)19(27)28)13-9-11-25(12-10-13)20-22-16-7-3-4-8-17(16)23-24-20/h1-8,13H,9-12H2,(H,21,26)(H,27,28). The number of anilines is 2. The van der Waals surface area contributed by atoms with E-state index in [9.17, 15) is 14.7 Å². The van der Waals surface area contributed by atoms with E-state index in [-0.39, 0.29) is 17.4 Å². The number of nitrogens with one attached hydrogen (secondary N) is 1. The Kier molecular flexibility index (Phi) is 4.84. The number of aromatic nitrogens is 3. The molecule has 8 heteroatoms. The van der Waals surface area contributed by atoms with Gasteiger partial charge in [-0.3, -0.25) is 4.79 Å². The van der Waals surface area contributed by atoms with Crippen molar-refractivity contribution in [3.8, 4) is 0 Å². The Morgan fingerprint density at radius 3 is 2.39 bits per heavy atom. The molecule has 1 amide bonds. The monoisotopic (exact) mass is 377 g/mol. The number of aromatic carboxylic acids is 1. The largest absolute Gasteiger partial charge is 0.478 e. The molecular formula is C20H19N5O3. The molecule has 0 saturated carbocycles. The zero-order valence-corrected chi connectivity index (χ0v) is 15.1. The molecule has 0 bridgehead atoms. The molecule has 1 aliphatic rings. The lowest BCUT2D eigenvalue weighted by Gasteiger charge is -2.31. The maximum atomic E-state index is 12.6. The summed E-state index contributed by atoms with van der Waals surface area (Å²) in [5.41, 5.74) is 1.95. The van der Waals surface area contributed by atoms with Crippen LogP contribution in [0, 0.1) is 5.92 Å². The van der Waals surface area contributed by atoms with E-state index in [0.717, 1.165) is 11.0 Å². The van der Waals surface area contributed by atoms with Gasteiger partial charge in [0.2, 0.25) is 11.9 Å². The van der Waals surface area contributed by atoms with Crippen LogP contribution in [-0.2, 0) is 4.79 Å². The van der Waals surface area contributed by atoms with Crippen molar-refractivity contribution in [1.29, 1.82) is 0 Å². The Balaban J connectivity index is 1.41. The Hall–Kier alpha value is -3.55. The van der Waals surface area contributed by atoms with Crippen molar-refractivity contribution >= 4 is 34.5 Å². The minimum absolute atomic E-state index is 0.0870. The summed E-state index contributed by atoms with van der Waals surface area (Å²) in [5.74, 6) is -0.849. The van der Waals surface area contributed by atoms with Gasteiger partial charge in [0.25, 0.3) is 0 Å². The third-order valence-electron chi connectivity index (χ3n) is 4.91. The molecule has 2 N–H and O–H groups in total. The second kappa shape index (κ2) is 7.59. The molecule has 1 aromatic heterocycles. The number of hydrogen-bond donors (Lipinski definition) is 2. The van der Waals surface area contributed by atoms with Gasteiger partial charge >= 0.3 is 5.97 Å². The molecule has 0 aliphatic carbocycles. The fourth-order valence-corrected chi connectivity index (χ4v) is 3.36. The summed E-state index contributed by atoms with van der Waals surface area (Å²) in [6.45, 7) is 1.28. The van der Waals surface area contributed by atoms with Crippen LogP contribution in [-0.4, -0.2) is 45.3 Å². The van der Waals surface area contributed by atoms with Gasteiger partial charge in [-0.25, -0.2) is 9.78 Å². The van der Waals surface area contributed by atoms with E-state index in [1.807, 2.05) is 29.2 Å². The Bertz CT molecular complexity index is 1030. The van der Waals surface area contributed by atoms with E-state index < -0.39 is 5.97 Å². The van der Waals surface area contributed by atoms with Gasteiger partial charge < -0.3 is 15.3 Å². The molecule has 0 spiro atoms. The van der Waals surface area contributed by atoms with Gasteiger partial charge in [-0.2, -0.15) is 0 Å². The van der Waals surface area contributed by atoms with Crippen LogP contribution in [0.1, 0.15) is 23.2 Å². The molecule has 2 aromatic carbocycles. The van der Waals surface area contributed by atoms with Crippen LogP contribution in [0.4, 0.5) is 11.6 Å². The number of carbonyl (C=O) groups is 2. The molecule has 0 radical (unpaired) electrons. The highest BCUT2D eigenvalue weighted by molar-refractivity contribution is 6.01. The van der Waals surface area contributed by atoms with Crippen molar-refractivity contribution in [2.45, 2.75) is 12.8 Å². The van der Waals surface area contributed by atoms with Crippen LogP contribution < -0.4 is 10.2 Å². The van der Waals surface area contributed by atoms with Gasteiger partial charge in [-0.15, -0.1) is 10.2 Å². The second-order valence-corrected chi connectivity index (χ2v) is 6.70. The van der Waals surface area contributed by atoms with E-state index in [1.165, 1.54) is 6.07 Å². The number of carboxylic acid groups (broad SMARTS) is 1. The minimum Gasteiger partial charge on any atom is -0.478 e. The third-order valence-corrected chi connectivity index (χ3v) is 4.91. The number of benzene rings is 2. The molecule has 1 fully saturated rings. The Labute approximate surface area is 161 Å². The molecule has 0 unspecified atom stereocenters. The molecule has 4 rings (SSSR count). The first-order valence-electron chi connectivity index (χ1n) is 9.09. The fraction of sp³-hybridized carbons (Fsp3) is 0.250. The normalized spacial score (nSPS) is 14.8. The van der Waals surface area contributed by atoms with Crippen molar-refractivity contribution in [1.82, 2.24) is 15.2 Å². The summed E-state index contributed by atoms with van der Waals surface area (Å²) in [6, 6.07) is 14.0. The third kappa shape index (κ3) is 3.62. The number of fused-ring (bicyclic) bond motifs is 1. The summed E-state index contributed by atoms with van der Waals surface area (Å²) < 4.78 is 0. The number of para-hydroxylation sites is 2. The number of amides is 1. The highest BCUT2D eigenvalue weighted by Crippen LogP contribution is 2.24. The number of piperidine rings is 1. The van der Waals surface area contributed by atoms with Gasteiger partial charge in [0.15, 0.2) is 0 Å². The van der Waals surface area contributed by atoms with E-state index in [4.69, 9.17) is 0 Å². The number of hydrogen-bond acceptors (Lipinski definition) is 6. The maximum absolute atomic E-state index is 12.6. The van der Waals surface area contributed by atoms with Crippen LogP contribution in [0.15, 0.2) is 48.5 Å². The lowest BCUT2D eigenvalue weighted by molar-refractivity contribution is -0.120. The van der Waals surface area contributed by atoms with Gasteiger partial charge in [0.1, 0.15) is 5.52 Å². The number of nitrogens with zero attached hydrogens (tertiary/aromatic N) is 4. The number of carbonyl (C=O) groups excluding carboxylic acids is 1. The molecule has 0 atom stereocenters. The van der Waals surface area contributed by atoms with Crippen LogP contribution >= 0.6 is 0 Å². The first kappa shape index (κ1) is 17.8. The highest BCUT2D eigenvalue weighted by Gasteiger charge is 2.27.